The molecule has 0 aliphatic heterocycles. The highest BCUT2D eigenvalue weighted by atomic mass is 16.5. The first kappa shape index (κ1) is 19.4. The Morgan fingerprint density at radius 1 is 1.19 bits per heavy atom. The molecule has 0 bridgehead atoms. The summed E-state index contributed by atoms with van der Waals surface area (Å²) in [6.07, 6.45) is 2.18. The fraction of sp³-hybridized carbons (Fsp3) is 0.316. The Balaban J connectivity index is 1.97. The number of hydrogen-bond acceptors (Lipinski definition) is 4. The van der Waals surface area contributed by atoms with Crippen LogP contribution >= 0.6 is 0 Å². The standard InChI is InChI=1S/C19H24N4O3/c1-14-12-16(15(2)23(14)17-8-5-4-6-9-17)13-21-22-19(25)18(24)20-10-7-11-26-3/h4-6,8-9,12-13H,7,10-11H2,1-3H3,(H,20,24)(H,22,25)/b21-13-. The van der Waals surface area contributed by atoms with Gasteiger partial charge in [-0.25, -0.2) is 5.43 Å². The molecular weight excluding hydrogens is 332 g/mol. The predicted molar refractivity (Wildman–Crippen MR) is 100 cm³/mol. The lowest BCUT2D eigenvalue weighted by molar-refractivity contribution is -0.139. The first-order chi connectivity index (χ1) is 12.5. The summed E-state index contributed by atoms with van der Waals surface area (Å²) in [6.45, 7) is 4.88. The SMILES string of the molecule is COCCCNC(=O)C(=O)N/N=C\c1cc(C)n(-c2ccccc2)c1C. The largest absolute Gasteiger partial charge is 0.385 e. The van der Waals surface area contributed by atoms with Gasteiger partial charge in [0.25, 0.3) is 0 Å². The van der Waals surface area contributed by atoms with Gasteiger partial charge in [-0.1, -0.05) is 18.2 Å². The van der Waals surface area contributed by atoms with Gasteiger partial charge >= 0.3 is 11.8 Å². The number of aryl methyl sites for hydroxylation is 1. The van der Waals surface area contributed by atoms with E-state index in [1.165, 1.54) is 6.21 Å². The van der Waals surface area contributed by atoms with Crippen molar-refractivity contribution in [3.63, 3.8) is 0 Å². The average Bonchev–Trinajstić information content (AvgIpc) is 2.92. The van der Waals surface area contributed by atoms with Crippen molar-refractivity contribution >= 4 is 18.0 Å². The van der Waals surface area contributed by atoms with Crippen LogP contribution in [0.15, 0.2) is 41.5 Å². The number of methoxy groups -OCH3 is 1. The summed E-state index contributed by atoms with van der Waals surface area (Å²) in [5.74, 6) is -1.51. The summed E-state index contributed by atoms with van der Waals surface area (Å²) < 4.78 is 6.98. The third kappa shape index (κ3) is 5.03. The van der Waals surface area contributed by atoms with Gasteiger partial charge in [-0.05, 0) is 38.5 Å². The second-order valence-electron chi connectivity index (χ2n) is 5.80. The van der Waals surface area contributed by atoms with E-state index in [1.807, 2.05) is 50.2 Å². The van der Waals surface area contributed by atoms with E-state index in [4.69, 9.17) is 4.74 Å². The Morgan fingerprint density at radius 3 is 2.62 bits per heavy atom. The van der Waals surface area contributed by atoms with Crippen LogP contribution in [0.2, 0.25) is 0 Å². The Labute approximate surface area is 153 Å². The molecule has 2 amide bonds. The zero-order valence-electron chi connectivity index (χ0n) is 15.3. The minimum atomic E-state index is -0.796. The average molecular weight is 356 g/mol. The van der Waals surface area contributed by atoms with E-state index in [-0.39, 0.29) is 0 Å². The number of nitrogens with zero attached hydrogens (tertiary/aromatic N) is 2. The number of carbonyl (C=O) groups is 2. The molecule has 138 valence electrons. The lowest BCUT2D eigenvalue weighted by atomic mass is 10.2. The van der Waals surface area contributed by atoms with Crippen molar-refractivity contribution in [1.29, 1.82) is 0 Å². The van der Waals surface area contributed by atoms with Gasteiger partial charge in [-0.2, -0.15) is 5.10 Å². The number of carbonyl (C=O) groups excluding carboxylic acids is 2. The maximum Gasteiger partial charge on any atom is 0.329 e. The monoisotopic (exact) mass is 356 g/mol. The van der Waals surface area contributed by atoms with E-state index in [0.29, 0.717) is 19.6 Å². The summed E-state index contributed by atoms with van der Waals surface area (Å²) >= 11 is 0. The first-order valence-corrected chi connectivity index (χ1v) is 8.39. The molecule has 0 unspecified atom stereocenters. The number of aromatic nitrogens is 1. The first-order valence-electron chi connectivity index (χ1n) is 8.39. The van der Waals surface area contributed by atoms with Gasteiger partial charge in [0.15, 0.2) is 0 Å². The third-order valence-electron chi connectivity index (χ3n) is 3.87. The molecule has 7 heteroatoms. The number of para-hydroxylation sites is 1. The van der Waals surface area contributed by atoms with Crippen molar-refractivity contribution in [2.75, 3.05) is 20.3 Å². The van der Waals surface area contributed by atoms with E-state index < -0.39 is 11.8 Å². The molecule has 1 aromatic carbocycles. The van der Waals surface area contributed by atoms with Gasteiger partial charge in [0, 0.05) is 42.9 Å². The predicted octanol–water partition coefficient (Wildman–Crippen LogP) is 1.70. The van der Waals surface area contributed by atoms with Crippen molar-refractivity contribution in [2.24, 2.45) is 5.10 Å². The highest BCUT2D eigenvalue weighted by Crippen LogP contribution is 2.19. The van der Waals surface area contributed by atoms with Crippen LogP contribution in [0.1, 0.15) is 23.4 Å². The second-order valence-corrected chi connectivity index (χ2v) is 5.80. The van der Waals surface area contributed by atoms with E-state index in [9.17, 15) is 9.59 Å². The van der Waals surface area contributed by atoms with Crippen LogP contribution in [-0.4, -0.2) is 42.9 Å². The molecule has 0 radical (unpaired) electrons. The fourth-order valence-corrected chi connectivity index (χ4v) is 2.60. The van der Waals surface area contributed by atoms with E-state index in [2.05, 4.69) is 20.4 Å². The molecule has 26 heavy (non-hydrogen) atoms. The molecule has 2 rings (SSSR count). The summed E-state index contributed by atoms with van der Waals surface area (Å²) in [5.41, 5.74) is 6.22. The van der Waals surface area contributed by atoms with E-state index in [0.717, 1.165) is 22.6 Å². The van der Waals surface area contributed by atoms with Gasteiger partial charge < -0.3 is 14.6 Å². The molecule has 1 aromatic heterocycles. The maximum absolute atomic E-state index is 11.7. The summed E-state index contributed by atoms with van der Waals surface area (Å²) in [4.78, 5) is 23.3. The highest BCUT2D eigenvalue weighted by molar-refractivity contribution is 6.35. The zero-order chi connectivity index (χ0) is 18.9. The van der Waals surface area contributed by atoms with Gasteiger partial charge in [-0.3, -0.25) is 9.59 Å². The Morgan fingerprint density at radius 2 is 1.92 bits per heavy atom. The zero-order valence-corrected chi connectivity index (χ0v) is 15.3. The molecule has 0 fully saturated rings. The van der Waals surface area contributed by atoms with Crippen LogP contribution in [0.3, 0.4) is 0 Å². The topological polar surface area (TPSA) is 84.7 Å². The molecule has 0 saturated carbocycles. The lowest BCUT2D eigenvalue weighted by Gasteiger charge is -2.08. The van der Waals surface area contributed by atoms with Gasteiger partial charge in [0.05, 0.1) is 6.21 Å². The van der Waals surface area contributed by atoms with Gasteiger partial charge in [0.1, 0.15) is 0 Å². The molecule has 0 aliphatic carbocycles. The molecule has 2 N–H and O–H groups in total. The van der Waals surface area contributed by atoms with Crippen LogP contribution in [0, 0.1) is 13.8 Å². The number of rotatable bonds is 7. The normalized spacial score (nSPS) is 10.9. The minimum Gasteiger partial charge on any atom is -0.385 e. The number of hydrogen-bond donors (Lipinski definition) is 2. The van der Waals surface area contributed by atoms with Crippen LogP contribution in [-0.2, 0) is 14.3 Å². The van der Waals surface area contributed by atoms with Crippen molar-refractivity contribution in [3.05, 3.63) is 53.3 Å². The third-order valence-corrected chi connectivity index (χ3v) is 3.87. The smallest absolute Gasteiger partial charge is 0.329 e. The summed E-state index contributed by atoms with van der Waals surface area (Å²) in [7, 11) is 1.58. The number of hydrazone groups is 1. The molecular formula is C19H24N4O3. The quantitative estimate of drug-likeness (QED) is 0.343. The van der Waals surface area contributed by atoms with Crippen molar-refractivity contribution in [1.82, 2.24) is 15.3 Å². The van der Waals surface area contributed by atoms with Crippen molar-refractivity contribution in [3.8, 4) is 5.69 Å². The van der Waals surface area contributed by atoms with Gasteiger partial charge in [0.2, 0.25) is 0 Å². The van der Waals surface area contributed by atoms with Crippen LogP contribution in [0.4, 0.5) is 0 Å². The molecule has 2 aromatic rings. The Bertz CT molecular complexity index is 782. The van der Waals surface area contributed by atoms with Crippen molar-refractivity contribution < 1.29 is 14.3 Å². The summed E-state index contributed by atoms with van der Waals surface area (Å²) in [6, 6.07) is 12.0. The highest BCUT2D eigenvalue weighted by Gasteiger charge is 2.12. The molecule has 0 atom stereocenters. The van der Waals surface area contributed by atoms with Gasteiger partial charge in [-0.15, -0.1) is 0 Å². The second kappa shape index (κ2) is 9.53. The molecule has 0 spiro atoms. The van der Waals surface area contributed by atoms with Crippen molar-refractivity contribution in [2.45, 2.75) is 20.3 Å². The molecule has 0 saturated heterocycles. The number of nitrogens with one attached hydrogen (secondary N) is 2. The fourth-order valence-electron chi connectivity index (χ4n) is 2.60. The molecule has 0 aliphatic rings. The minimum absolute atomic E-state index is 0.377. The van der Waals surface area contributed by atoms with E-state index >= 15 is 0 Å². The lowest BCUT2D eigenvalue weighted by Crippen LogP contribution is -2.38. The number of amides is 2. The van der Waals surface area contributed by atoms with Crippen LogP contribution in [0.25, 0.3) is 5.69 Å². The van der Waals surface area contributed by atoms with Crippen LogP contribution < -0.4 is 10.7 Å². The summed E-state index contributed by atoms with van der Waals surface area (Å²) in [5, 5.41) is 6.40. The number of benzene rings is 1. The maximum atomic E-state index is 11.7. The Hall–Kier alpha value is -2.93. The molecule has 1 heterocycles. The van der Waals surface area contributed by atoms with Crippen LogP contribution in [0.5, 0.6) is 0 Å². The number of ether oxygens (including phenoxy) is 1. The van der Waals surface area contributed by atoms with E-state index in [1.54, 1.807) is 7.11 Å². The molecule has 7 nitrogen and oxygen atoms in total. The Kier molecular flexibility index (Phi) is 7.11.